The van der Waals surface area contributed by atoms with Gasteiger partial charge >= 0.3 is 0 Å². The molecule has 1 saturated heterocycles. The van der Waals surface area contributed by atoms with Crippen molar-refractivity contribution in [3.63, 3.8) is 0 Å². The van der Waals surface area contributed by atoms with Gasteiger partial charge in [0, 0.05) is 31.7 Å². The minimum Gasteiger partial charge on any atom is -0.313 e. The van der Waals surface area contributed by atoms with Crippen LogP contribution in [0.5, 0.6) is 0 Å². The molecule has 1 aliphatic heterocycles. The number of rotatable bonds is 7. The van der Waals surface area contributed by atoms with Crippen LogP contribution in [0, 0.1) is 0 Å². The summed E-state index contributed by atoms with van der Waals surface area (Å²) in [5.74, 6) is 0.203. The number of nitrogens with zero attached hydrogens (tertiary/aromatic N) is 2. The van der Waals surface area contributed by atoms with Crippen LogP contribution in [-0.4, -0.2) is 69.2 Å². The maximum atomic E-state index is 12.3. The molecule has 1 rings (SSSR count). The molecule has 0 saturated carbocycles. The third-order valence-electron chi connectivity index (χ3n) is 3.17. The number of likely N-dealkylation sites (N-methyl/N-ethyl adjacent to an activating group) is 1. The van der Waals surface area contributed by atoms with E-state index in [-0.39, 0.29) is 11.8 Å². The van der Waals surface area contributed by atoms with Crippen molar-refractivity contribution in [3.05, 3.63) is 0 Å². The molecule has 0 radical (unpaired) electrons. The molecular weight excluding hydrogens is 250 g/mol. The average Bonchev–Trinajstić information content (AvgIpc) is 2.64. The van der Waals surface area contributed by atoms with Crippen molar-refractivity contribution in [1.29, 1.82) is 0 Å². The third-order valence-corrected chi connectivity index (χ3v) is 5.08. The second-order valence-electron chi connectivity index (χ2n) is 5.59. The van der Waals surface area contributed by atoms with Crippen molar-refractivity contribution in [1.82, 2.24) is 14.5 Å². The zero-order chi connectivity index (χ0) is 13.8. The largest absolute Gasteiger partial charge is 0.313 e. The lowest BCUT2D eigenvalue weighted by Gasteiger charge is -2.26. The quantitative estimate of drug-likeness (QED) is 0.729. The van der Waals surface area contributed by atoms with Gasteiger partial charge < -0.3 is 10.2 Å². The Bertz CT molecular complexity index is 341. The van der Waals surface area contributed by atoms with E-state index in [2.05, 4.69) is 10.2 Å². The van der Waals surface area contributed by atoms with Gasteiger partial charge in [0.1, 0.15) is 0 Å². The summed E-state index contributed by atoms with van der Waals surface area (Å²) in [5, 5.41) is 3.16. The fraction of sp³-hybridized carbons (Fsp3) is 1.00. The zero-order valence-corrected chi connectivity index (χ0v) is 12.8. The molecule has 5 nitrogen and oxygen atoms in total. The first-order valence-corrected chi connectivity index (χ1v) is 8.31. The van der Waals surface area contributed by atoms with E-state index in [1.54, 1.807) is 4.31 Å². The van der Waals surface area contributed by atoms with Crippen LogP contribution in [0.2, 0.25) is 0 Å². The molecule has 1 aliphatic rings. The second kappa shape index (κ2) is 6.84. The zero-order valence-electron chi connectivity index (χ0n) is 12.0. The molecular formula is C12H27N3O2S. The van der Waals surface area contributed by atoms with E-state index in [0.717, 1.165) is 19.4 Å². The van der Waals surface area contributed by atoms with Crippen LogP contribution in [0.25, 0.3) is 0 Å². The number of sulfonamides is 1. The number of nitrogens with one attached hydrogen (secondary N) is 1. The van der Waals surface area contributed by atoms with Gasteiger partial charge in [0.05, 0.1) is 5.75 Å². The van der Waals surface area contributed by atoms with Gasteiger partial charge in [0.25, 0.3) is 0 Å². The topological polar surface area (TPSA) is 52.7 Å². The monoisotopic (exact) mass is 277 g/mol. The van der Waals surface area contributed by atoms with E-state index in [9.17, 15) is 8.42 Å². The first-order valence-electron chi connectivity index (χ1n) is 6.70. The SMILES string of the molecule is CC(C)NCCS(=O)(=O)N1CCCC1CN(C)C. The van der Waals surface area contributed by atoms with Crippen molar-refractivity contribution in [2.75, 3.05) is 39.5 Å². The predicted molar refractivity (Wildman–Crippen MR) is 75.2 cm³/mol. The minimum absolute atomic E-state index is 0.157. The molecule has 1 N–H and O–H groups in total. The van der Waals surface area contributed by atoms with Gasteiger partial charge in [-0.3, -0.25) is 0 Å². The van der Waals surface area contributed by atoms with Crippen LogP contribution >= 0.6 is 0 Å². The molecule has 1 fully saturated rings. The molecule has 0 amide bonds. The predicted octanol–water partition coefficient (Wildman–Crippen LogP) is 0.340. The normalized spacial score (nSPS) is 22.2. The highest BCUT2D eigenvalue weighted by Gasteiger charge is 2.33. The van der Waals surface area contributed by atoms with Crippen molar-refractivity contribution < 1.29 is 8.42 Å². The van der Waals surface area contributed by atoms with Gasteiger partial charge in [0.2, 0.25) is 10.0 Å². The molecule has 0 spiro atoms. The van der Waals surface area contributed by atoms with Crippen molar-refractivity contribution in [2.24, 2.45) is 0 Å². The van der Waals surface area contributed by atoms with Gasteiger partial charge in [-0.25, -0.2) is 8.42 Å². The molecule has 1 heterocycles. The van der Waals surface area contributed by atoms with Crippen molar-refractivity contribution in [2.45, 2.75) is 38.8 Å². The maximum Gasteiger partial charge on any atom is 0.215 e. The van der Waals surface area contributed by atoms with E-state index in [1.165, 1.54) is 0 Å². The molecule has 108 valence electrons. The third kappa shape index (κ3) is 4.84. The van der Waals surface area contributed by atoms with Gasteiger partial charge in [-0.2, -0.15) is 4.31 Å². The summed E-state index contributed by atoms with van der Waals surface area (Å²) in [4.78, 5) is 2.06. The lowest BCUT2D eigenvalue weighted by atomic mass is 10.2. The van der Waals surface area contributed by atoms with E-state index >= 15 is 0 Å². The standard InChI is InChI=1S/C12H27N3O2S/c1-11(2)13-7-9-18(16,17)15-8-5-6-12(15)10-14(3)4/h11-13H,5-10H2,1-4H3. The fourth-order valence-electron chi connectivity index (χ4n) is 2.37. The highest BCUT2D eigenvalue weighted by atomic mass is 32.2. The van der Waals surface area contributed by atoms with Gasteiger partial charge in [-0.1, -0.05) is 13.8 Å². The first-order chi connectivity index (χ1) is 8.33. The maximum absolute atomic E-state index is 12.3. The lowest BCUT2D eigenvalue weighted by molar-refractivity contribution is 0.291. The molecule has 18 heavy (non-hydrogen) atoms. The summed E-state index contributed by atoms with van der Waals surface area (Å²) in [6, 6.07) is 0.486. The van der Waals surface area contributed by atoms with E-state index in [0.29, 0.717) is 19.1 Å². The first kappa shape index (κ1) is 15.9. The Labute approximate surface area is 112 Å². The van der Waals surface area contributed by atoms with E-state index in [4.69, 9.17) is 0 Å². The Morgan fingerprint density at radius 1 is 1.39 bits per heavy atom. The van der Waals surface area contributed by atoms with Gasteiger partial charge in [-0.15, -0.1) is 0 Å². The number of hydrogen-bond acceptors (Lipinski definition) is 4. The van der Waals surface area contributed by atoms with Crippen LogP contribution in [0.4, 0.5) is 0 Å². The van der Waals surface area contributed by atoms with E-state index in [1.807, 2.05) is 27.9 Å². The van der Waals surface area contributed by atoms with E-state index < -0.39 is 10.0 Å². The highest BCUT2D eigenvalue weighted by molar-refractivity contribution is 7.89. The Morgan fingerprint density at radius 2 is 2.06 bits per heavy atom. The molecule has 1 unspecified atom stereocenters. The summed E-state index contributed by atoms with van der Waals surface area (Å²) >= 11 is 0. The summed E-state index contributed by atoms with van der Waals surface area (Å²) in [7, 11) is 0.873. The molecule has 0 aromatic carbocycles. The van der Waals surface area contributed by atoms with Crippen LogP contribution < -0.4 is 5.32 Å². The summed E-state index contributed by atoms with van der Waals surface area (Å²) < 4.78 is 26.3. The van der Waals surface area contributed by atoms with Crippen LogP contribution in [0.15, 0.2) is 0 Å². The Kier molecular flexibility index (Phi) is 6.04. The highest BCUT2D eigenvalue weighted by Crippen LogP contribution is 2.21. The van der Waals surface area contributed by atoms with Gasteiger partial charge in [0.15, 0.2) is 0 Å². The molecule has 0 aliphatic carbocycles. The Balaban J connectivity index is 2.54. The van der Waals surface area contributed by atoms with Crippen LogP contribution in [-0.2, 0) is 10.0 Å². The Hall–Kier alpha value is -0.170. The lowest BCUT2D eigenvalue weighted by Crippen LogP contribution is -2.44. The summed E-state index contributed by atoms with van der Waals surface area (Å²) in [6.45, 7) is 6.08. The molecule has 0 bridgehead atoms. The summed E-state index contributed by atoms with van der Waals surface area (Å²) in [5.41, 5.74) is 0. The van der Waals surface area contributed by atoms with Crippen LogP contribution in [0.1, 0.15) is 26.7 Å². The Morgan fingerprint density at radius 3 is 2.61 bits per heavy atom. The van der Waals surface area contributed by atoms with Gasteiger partial charge in [-0.05, 0) is 26.9 Å². The smallest absolute Gasteiger partial charge is 0.215 e. The van der Waals surface area contributed by atoms with Crippen molar-refractivity contribution >= 4 is 10.0 Å². The second-order valence-corrected chi connectivity index (χ2v) is 7.63. The minimum atomic E-state index is -3.11. The number of hydrogen-bond donors (Lipinski definition) is 1. The molecule has 0 aromatic heterocycles. The fourth-order valence-corrected chi connectivity index (χ4v) is 4.02. The molecule has 0 aromatic rings. The average molecular weight is 277 g/mol. The molecule has 6 heteroatoms. The van der Waals surface area contributed by atoms with Crippen molar-refractivity contribution in [3.8, 4) is 0 Å². The molecule has 1 atom stereocenters. The van der Waals surface area contributed by atoms with Crippen LogP contribution in [0.3, 0.4) is 0 Å². The summed E-state index contributed by atoms with van der Waals surface area (Å²) in [6.07, 6.45) is 1.96.